The molecule has 16 heavy (non-hydrogen) atoms. The molecular weight excluding hydrogens is 196 g/mol. The molecule has 1 aromatic rings. The monoisotopic (exact) mass is 212 g/mol. The highest BCUT2D eigenvalue weighted by Crippen LogP contribution is 2.31. The Morgan fingerprint density at radius 2 is 1.81 bits per heavy atom. The molecule has 1 aliphatic rings. The van der Waals surface area contributed by atoms with Crippen molar-refractivity contribution in [3.8, 4) is 0 Å². The SMILES string of the molecule is CC(C)=C1C(c2ccccc2)=CC=CC1O. The number of hydrogen-bond acceptors (Lipinski definition) is 1. The normalized spacial score (nSPS) is 19.6. The first-order valence-corrected chi connectivity index (χ1v) is 5.50. The highest BCUT2D eigenvalue weighted by molar-refractivity contribution is 5.83. The summed E-state index contributed by atoms with van der Waals surface area (Å²) in [5.41, 5.74) is 4.46. The number of aliphatic hydroxyl groups excluding tert-OH is 1. The Hall–Kier alpha value is -1.60. The molecule has 0 amide bonds. The number of hydrogen-bond donors (Lipinski definition) is 1. The van der Waals surface area contributed by atoms with Gasteiger partial charge in [-0.2, -0.15) is 0 Å². The maximum Gasteiger partial charge on any atom is 0.0980 e. The molecule has 0 aromatic heterocycles. The zero-order valence-electron chi connectivity index (χ0n) is 9.64. The Bertz CT molecular complexity index is 459. The third-order valence-electron chi connectivity index (χ3n) is 2.77. The summed E-state index contributed by atoms with van der Waals surface area (Å²) < 4.78 is 0. The summed E-state index contributed by atoms with van der Waals surface area (Å²) in [4.78, 5) is 0. The maximum atomic E-state index is 9.99. The van der Waals surface area contributed by atoms with E-state index in [1.54, 1.807) is 0 Å². The molecule has 2 rings (SSSR count). The lowest BCUT2D eigenvalue weighted by Gasteiger charge is -2.20. The van der Waals surface area contributed by atoms with Gasteiger partial charge in [0.2, 0.25) is 0 Å². The second-order valence-corrected chi connectivity index (χ2v) is 4.19. The van der Waals surface area contributed by atoms with E-state index in [0.717, 1.165) is 22.3 Å². The lowest BCUT2D eigenvalue weighted by atomic mass is 9.87. The Morgan fingerprint density at radius 1 is 1.12 bits per heavy atom. The van der Waals surface area contributed by atoms with E-state index in [1.807, 2.05) is 44.2 Å². The van der Waals surface area contributed by atoms with Crippen LogP contribution in [0.4, 0.5) is 0 Å². The standard InChI is InChI=1S/C15H16O/c1-11(2)15-13(9-6-10-14(15)16)12-7-4-3-5-8-12/h3-10,14,16H,1-2H3. The Balaban J connectivity index is 2.52. The number of benzene rings is 1. The third-order valence-corrected chi connectivity index (χ3v) is 2.77. The lowest BCUT2D eigenvalue weighted by molar-refractivity contribution is 0.262. The second-order valence-electron chi connectivity index (χ2n) is 4.19. The van der Waals surface area contributed by atoms with Crippen LogP contribution in [0.1, 0.15) is 19.4 Å². The van der Waals surface area contributed by atoms with Gasteiger partial charge in [-0.3, -0.25) is 0 Å². The molecule has 0 saturated carbocycles. The van der Waals surface area contributed by atoms with Gasteiger partial charge >= 0.3 is 0 Å². The van der Waals surface area contributed by atoms with Crippen molar-refractivity contribution in [2.45, 2.75) is 20.0 Å². The first kappa shape index (κ1) is 10.9. The molecule has 0 fully saturated rings. The fourth-order valence-corrected chi connectivity index (χ4v) is 2.04. The van der Waals surface area contributed by atoms with Crippen LogP contribution in [-0.2, 0) is 0 Å². The van der Waals surface area contributed by atoms with E-state index in [4.69, 9.17) is 0 Å². The molecule has 1 unspecified atom stereocenters. The maximum absolute atomic E-state index is 9.99. The summed E-state index contributed by atoms with van der Waals surface area (Å²) in [7, 11) is 0. The van der Waals surface area contributed by atoms with E-state index in [-0.39, 0.29) is 0 Å². The summed E-state index contributed by atoms with van der Waals surface area (Å²) in [5, 5.41) is 9.99. The van der Waals surface area contributed by atoms with Gasteiger partial charge in [0.15, 0.2) is 0 Å². The van der Waals surface area contributed by atoms with Crippen molar-refractivity contribution in [1.29, 1.82) is 0 Å². The largest absolute Gasteiger partial charge is 0.384 e. The minimum atomic E-state index is -0.481. The average Bonchev–Trinajstić information content (AvgIpc) is 2.29. The van der Waals surface area contributed by atoms with Gasteiger partial charge in [0.25, 0.3) is 0 Å². The molecular formula is C15H16O. The molecule has 1 heteroatoms. The molecule has 1 nitrogen and oxygen atoms in total. The summed E-state index contributed by atoms with van der Waals surface area (Å²) in [6, 6.07) is 10.2. The molecule has 0 spiro atoms. The lowest BCUT2D eigenvalue weighted by Crippen LogP contribution is -2.12. The van der Waals surface area contributed by atoms with Crippen LogP contribution in [0.2, 0.25) is 0 Å². The predicted octanol–water partition coefficient (Wildman–Crippen LogP) is 3.34. The predicted molar refractivity (Wildman–Crippen MR) is 67.9 cm³/mol. The fraction of sp³-hybridized carbons (Fsp3) is 0.200. The highest BCUT2D eigenvalue weighted by atomic mass is 16.3. The van der Waals surface area contributed by atoms with Crippen LogP contribution in [0.5, 0.6) is 0 Å². The molecule has 1 N–H and O–H groups in total. The smallest absolute Gasteiger partial charge is 0.0980 e. The van der Waals surface area contributed by atoms with Gasteiger partial charge in [-0.1, -0.05) is 54.1 Å². The van der Waals surface area contributed by atoms with Gasteiger partial charge in [0.05, 0.1) is 6.10 Å². The van der Waals surface area contributed by atoms with Gasteiger partial charge in [-0.15, -0.1) is 0 Å². The summed E-state index contributed by atoms with van der Waals surface area (Å²) in [5.74, 6) is 0. The van der Waals surface area contributed by atoms with Crippen molar-refractivity contribution in [2.24, 2.45) is 0 Å². The highest BCUT2D eigenvalue weighted by Gasteiger charge is 2.17. The zero-order valence-corrected chi connectivity index (χ0v) is 9.64. The van der Waals surface area contributed by atoms with Gasteiger partial charge in [-0.25, -0.2) is 0 Å². The van der Waals surface area contributed by atoms with Crippen molar-refractivity contribution in [1.82, 2.24) is 0 Å². The van der Waals surface area contributed by atoms with Gasteiger partial charge in [-0.05, 0) is 30.6 Å². The minimum absolute atomic E-state index is 0.481. The number of allylic oxidation sites excluding steroid dienone is 3. The molecule has 1 aliphatic carbocycles. The van der Waals surface area contributed by atoms with Gasteiger partial charge < -0.3 is 5.11 Å². The van der Waals surface area contributed by atoms with E-state index in [0.29, 0.717) is 0 Å². The number of rotatable bonds is 1. The quantitative estimate of drug-likeness (QED) is 0.757. The average molecular weight is 212 g/mol. The van der Waals surface area contributed by atoms with E-state index in [9.17, 15) is 5.11 Å². The molecule has 82 valence electrons. The van der Waals surface area contributed by atoms with Crippen molar-refractivity contribution in [2.75, 3.05) is 0 Å². The van der Waals surface area contributed by atoms with Crippen LogP contribution >= 0.6 is 0 Å². The first-order chi connectivity index (χ1) is 7.70. The van der Waals surface area contributed by atoms with Gasteiger partial charge in [0, 0.05) is 0 Å². The summed E-state index contributed by atoms with van der Waals surface area (Å²) >= 11 is 0. The van der Waals surface area contributed by atoms with Crippen LogP contribution in [-0.4, -0.2) is 11.2 Å². The molecule has 1 aromatic carbocycles. The molecule has 0 heterocycles. The second kappa shape index (κ2) is 4.50. The topological polar surface area (TPSA) is 20.2 Å². The van der Waals surface area contributed by atoms with Crippen molar-refractivity contribution < 1.29 is 5.11 Å². The van der Waals surface area contributed by atoms with Crippen molar-refractivity contribution >= 4 is 5.57 Å². The zero-order chi connectivity index (χ0) is 11.5. The van der Waals surface area contributed by atoms with E-state index in [2.05, 4.69) is 18.2 Å². The Kier molecular flexibility index (Phi) is 3.07. The summed E-state index contributed by atoms with van der Waals surface area (Å²) in [6.45, 7) is 4.07. The van der Waals surface area contributed by atoms with Crippen molar-refractivity contribution in [3.63, 3.8) is 0 Å². The van der Waals surface area contributed by atoms with E-state index >= 15 is 0 Å². The molecule has 0 bridgehead atoms. The third kappa shape index (κ3) is 2.00. The van der Waals surface area contributed by atoms with E-state index < -0.39 is 6.10 Å². The van der Waals surface area contributed by atoms with Crippen LogP contribution < -0.4 is 0 Å². The molecule has 0 saturated heterocycles. The van der Waals surface area contributed by atoms with Gasteiger partial charge in [0.1, 0.15) is 0 Å². The molecule has 1 atom stereocenters. The fourth-order valence-electron chi connectivity index (χ4n) is 2.04. The summed E-state index contributed by atoms with van der Waals surface area (Å²) in [6.07, 6.45) is 5.31. The minimum Gasteiger partial charge on any atom is -0.384 e. The van der Waals surface area contributed by atoms with Crippen LogP contribution in [0.3, 0.4) is 0 Å². The Labute approximate surface area is 96.4 Å². The van der Waals surface area contributed by atoms with Crippen LogP contribution in [0.15, 0.2) is 59.7 Å². The molecule has 0 aliphatic heterocycles. The Morgan fingerprint density at radius 3 is 2.44 bits per heavy atom. The number of aliphatic hydroxyl groups is 1. The van der Waals surface area contributed by atoms with E-state index in [1.165, 1.54) is 0 Å². The van der Waals surface area contributed by atoms with Crippen LogP contribution in [0, 0.1) is 0 Å². The first-order valence-electron chi connectivity index (χ1n) is 5.50. The van der Waals surface area contributed by atoms with Crippen LogP contribution in [0.25, 0.3) is 5.57 Å². The van der Waals surface area contributed by atoms with Crippen molar-refractivity contribution in [3.05, 3.63) is 65.3 Å². The molecule has 0 radical (unpaired) electrons.